The van der Waals surface area contributed by atoms with Crippen LogP contribution in [0.1, 0.15) is 20.3 Å². The first-order valence-corrected chi connectivity index (χ1v) is 6.02. The van der Waals surface area contributed by atoms with Gasteiger partial charge in [-0.3, -0.25) is 0 Å². The summed E-state index contributed by atoms with van der Waals surface area (Å²) in [4.78, 5) is 0. The maximum absolute atomic E-state index is 9.48. The van der Waals surface area contributed by atoms with Gasteiger partial charge in [0.05, 0.1) is 0 Å². The molecule has 1 aromatic carbocycles. The fraction of sp³-hybridized carbons (Fsp3) is 0.286. The van der Waals surface area contributed by atoms with Crippen LogP contribution in [0.4, 0.5) is 0 Å². The highest BCUT2D eigenvalue weighted by atomic mass is 16.5. The third kappa shape index (κ3) is 4.39. The van der Waals surface area contributed by atoms with Gasteiger partial charge in [0, 0.05) is 7.11 Å². The second-order valence-electron chi connectivity index (χ2n) is 3.77. The molecule has 1 rings (SSSR count). The van der Waals surface area contributed by atoms with Crippen LogP contribution in [0.15, 0.2) is 48.3 Å². The molecule has 1 aromatic rings. The Morgan fingerprint density at radius 3 is 2.50 bits per heavy atom. The van der Waals surface area contributed by atoms with E-state index in [1.807, 2.05) is 37.3 Å². The average molecular weight is 246 g/mol. The van der Waals surface area contributed by atoms with Crippen molar-refractivity contribution >= 4 is 12.6 Å². The third-order valence-electron chi connectivity index (χ3n) is 2.36. The number of ether oxygens (including phenoxy) is 1. The van der Waals surface area contributed by atoms with Gasteiger partial charge >= 0.3 is 7.12 Å². The Hall–Kier alpha value is -1.52. The molecule has 0 fully saturated rings. The molecule has 0 radical (unpaired) electrons. The van der Waals surface area contributed by atoms with E-state index in [-0.39, 0.29) is 0 Å². The molecule has 0 bridgehead atoms. The van der Waals surface area contributed by atoms with Gasteiger partial charge in [0.2, 0.25) is 0 Å². The fourth-order valence-electron chi connectivity index (χ4n) is 1.48. The van der Waals surface area contributed by atoms with E-state index in [0.717, 1.165) is 17.9 Å². The van der Waals surface area contributed by atoms with Crippen LogP contribution < -0.4 is 10.2 Å². The summed E-state index contributed by atoms with van der Waals surface area (Å²) in [5.74, 6) is 1.56. The standard InChI is InChI=1S/C14H19BO3/c1-4-6-13(7-5-2)18-14-10-8-12(9-11-14)15(16)17-3/h4,6-11,16H,5H2,1-3H3/b6-4-,13-7+. The topological polar surface area (TPSA) is 38.7 Å². The molecule has 0 aliphatic rings. The van der Waals surface area contributed by atoms with Crippen LogP contribution in [-0.2, 0) is 4.65 Å². The fourth-order valence-corrected chi connectivity index (χ4v) is 1.48. The van der Waals surface area contributed by atoms with E-state index in [4.69, 9.17) is 9.39 Å². The van der Waals surface area contributed by atoms with Gasteiger partial charge in [-0.15, -0.1) is 0 Å². The molecule has 0 unspecified atom stereocenters. The van der Waals surface area contributed by atoms with Crippen molar-refractivity contribution in [2.24, 2.45) is 0 Å². The number of benzene rings is 1. The Kier molecular flexibility index (Phi) is 6.26. The normalized spacial score (nSPS) is 11.9. The zero-order valence-electron chi connectivity index (χ0n) is 11.1. The Balaban J connectivity index is 2.76. The van der Waals surface area contributed by atoms with Crippen molar-refractivity contribution in [3.05, 3.63) is 48.3 Å². The van der Waals surface area contributed by atoms with Crippen molar-refractivity contribution in [2.75, 3.05) is 7.11 Å². The molecule has 18 heavy (non-hydrogen) atoms. The van der Waals surface area contributed by atoms with E-state index in [9.17, 15) is 5.02 Å². The molecule has 0 aliphatic heterocycles. The Labute approximate surface area is 109 Å². The van der Waals surface area contributed by atoms with Crippen LogP contribution in [0, 0.1) is 0 Å². The zero-order chi connectivity index (χ0) is 13.4. The van der Waals surface area contributed by atoms with Crippen LogP contribution in [0.25, 0.3) is 0 Å². The first kappa shape index (κ1) is 14.5. The van der Waals surface area contributed by atoms with Crippen molar-refractivity contribution in [1.29, 1.82) is 0 Å². The molecule has 0 saturated carbocycles. The Morgan fingerprint density at radius 1 is 1.33 bits per heavy atom. The SMILES string of the molecule is C/C=C\C(=C/CC)Oc1ccc(B(O)OC)cc1. The summed E-state index contributed by atoms with van der Waals surface area (Å²) in [5, 5.41) is 9.48. The predicted molar refractivity (Wildman–Crippen MR) is 74.9 cm³/mol. The van der Waals surface area contributed by atoms with Crippen molar-refractivity contribution in [3.63, 3.8) is 0 Å². The zero-order valence-corrected chi connectivity index (χ0v) is 11.1. The van der Waals surface area contributed by atoms with Crippen LogP contribution in [0.2, 0.25) is 0 Å². The van der Waals surface area contributed by atoms with Crippen molar-refractivity contribution < 1.29 is 14.4 Å². The molecule has 0 heterocycles. The van der Waals surface area contributed by atoms with Gasteiger partial charge in [0.15, 0.2) is 0 Å². The highest BCUT2D eigenvalue weighted by Gasteiger charge is 2.13. The molecule has 1 N–H and O–H groups in total. The van der Waals surface area contributed by atoms with E-state index < -0.39 is 7.12 Å². The monoisotopic (exact) mass is 246 g/mol. The van der Waals surface area contributed by atoms with E-state index in [1.54, 1.807) is 12.1 Å². The van der Waals surface area contributed by atoms with E-state index in [1.165, 1.54) is 7.11 Å². The summed E-state index contributed by atoms with van der Waals surface area (Å²) in [7, 11) is 0.573. The number of rotatable bonds is 6. The Bertz CT molecular complexity index is 410. The minimum atomic E-state index is -0.889. The van der Waals surface area contributed by atoms with Gasteiger partial charge in [0.1, 0.15) is 11.5 Å². The van der Waals surface area contributed by atoms with Crippen molar-refractivity contribution in [3.8, 4) is 5.75 Å². The molecule has 4 heteroatoms. The second kappa shape index (κ2) is 7.74. The second-order valence-corrected chi connectivity index (χ2v) is 3.77. The van der Waals surface area contributed by atoms with Gasteiger partial charge in [0.25, 0.3) is 0 Å². The van der Waals surface area contributed by atoms with Crippen molar-refractivity contribution in [1.82, 2.24) is 0 Å². The molecule has 0 aliphatic carbocycles. The van der Waals surface area contributed by atoms with Crippen LogP contribution in [0.5, 0.6) is 5.75 Å². The van der Waals surface area contributed by atoms with Gasteiger partial charge in [-0.2, -0.15) is 0 Å². The van der Waals surface area contributed by atoms with Crippen molar-refractivity contribution in [2.45, 2.75) is 20.3 Å². The van der Waals surface area contributed by atoms with Gasteiger partial charge in [-0.05, 0) is 43.1 Å². The summed E-state index contributed by atoms with van der Waals surface area (Å²) < 4.78 is 10.5. The van der Waals surface area contributed by atoms with E-state index >= 15 is 0 Å². The van der Waals surface area contributed by atoms with Gasteiger partial charge in [-0.25, -0.2) is 0 Å². The lowest BCUT2D eigenvalue weighted by molar-refractivity contribution is 0.341. The maximum Gasteiger partial charge on any atom is 0.490 e. The lowest BCUT2D eigenvalue weighted by Crippen LogP contribution is -2.31. The summed E-state index contributed by atoms with van der Waals surface area (Å²) in [5.41, 5.74) is 0.705. The molecule has 3 nitrogen and oxygen atoms in total. The number of hydrogen-bond donors (Lipinski definition) is 1. The molecule has 0 atom stereocenters. The minimum Gasteiger partial charge on any atom is -0.458 e. The summed E-state index contributed by atoms with van der Waals surface area (Å²) >= 11 is 0. The first-order valence-electron chi connectivity index (χ1n) is 6.02. The number of hydrogen-bond acceptors (Lipinski definition) is 3. The summed E-state index contributed by atoms with van der Waals surface area (Å²) in [6.07, 6.45) is 6.78. The van der Waals surface area contributed by atoms with Crippen LogP contribution in [-0.4, -0.2) is 19.3 Å². The van der Waals surface area contributed by atoms with Gasteiger partial charge in [-0.1, -0.05) is 25.1 Å². The molecule has 0 spiro atoms. The number of allylic oxidation sites excluding steroid dienone is 3. The predicted octanol–water partition coefficient (Wildman–Crippen LogP) is 2.27. The lowest BCUT2D eigenvalue weighted by atomic mass is 9.80. The average Bonchev–Trinajstić information content (AvgIpc) is 2.39. The Morgan fingerprint density at radius 2 is 2.00 bits per heavy atom. The third-order valence-corrected chi connectivity index (χ3v) is 2.36. The molecular formula is C14H19BO3. The first-order chi connectivity index (χ1) is 8.71. The molecule has 96 valence electrons. The molecular weight excluding hydrogens is 227 g/mol. The van der Waals surface area contributed by atoms with E-state index in [2.05, 4.69) is 6.92 Å². The van der Waals surface area contributed by atoms with Crippen LogP contribution in [0.3, 0.4) is 0 Å². The smallest absolute Gasteiger partial charge is 0.458 e. The van der Waals surface area contributed by atoms with Gasteiger partial charge < -0.3 is 14.4 Å². The van der Waals surface area contributed by atoms with E-state index in [0.29, 0.717) is 5.46 Å². The molecule has 0 saturated heterocycles. The summed E-state index contributed by atoms with van der Waals surface area (Å²) in [6, 6.07) is 7.18. The highest BCUT2D eigenvalue weighted by molar-refractivity contribution is 6.59. The summed E-state index contributed by atoms with van der Waals surface area (Å²) in [6.45, 7) is 4.01. The molecule has 0 amide bonds. The maximum atomic E-state index is 9.48. The largest absolute Gasteiger partial charge is 0.490 e. The highest BCUT2D eigenvalue weighted by Crippen LogP contribution is 2.13. The minimum absolute atomic E-state index is 0.705. The van der Waals surface area contributed by atoms with Crippen LogP contribution >= 0.6 is 0 Å². The quantitative estimate of drug-likeness (QED) is 0.475. The lowest BCUT2D eigenvalue weighted by Gasteiger charge is -2.08. The molecule has 0 aromatic heterocycles.